The van der Waals surface area contributed by atoms with Crippen LogP contribution >= 0.6 is 0 Å². The van der Waals surface area contributed by atoms with E-state index in [1.807, 2.05) is 12.1 Å². The molecule has 1 nitrogen and oxygen atoms in total. The molecule has 0 radical (unpaired) electrons. The number of allylic oxidation sites excluding steroid dienone is 1. The normalized spacial score (nSPS) is 12.1. The van der Waals surface area contributed by atoms with E-state index in [-0.39, 0.29) is 0 Å². The molecule has 0 unspecified atom stereocenters. The lowest BCUT2D eigenvalue weighted by Gasteiger charge is -2.15. The second-order valence-corrected chi connectivity index (χ2v) is 7.40. The monoisotopic (exact) mass is 387 g/mol. The summed E-state index contributed by atoms with van der Waals surface area (Å²) in [6, 6.07) is 37.7. The van der Waals surface area contributed by atoms with Gasteiger partial charge < -0.3 is 0 Å². The number of nitrogens with zero attached hydrogens (tertiary/aromatic N) is 1. The summed E-state index contributed by atoms with van der Waals surface area (Å²) in [5, 5.41) is 0. The van der Waals surface area contributed by atoms with E-state index < -0.39 is 0 Å². The fourth-order valence-corrected chi connectivity index (χ4v) is 3.59. The van der Waals surface area contributed by atoms with Gasteiger partial charge in [-0.05, 0) is 42.2 Å². The maximum atomic E-state index is 5.25. The van der Waals surface area contributed by atoms with Crippen LogP contribution in [0.3, 0.4) is 0 Å². The molecule has 0 fully saturated rings. The molecule has 0 aromatic heterocycles. The predicted octanol–water partition coefficient (Wildman–Crippen LogP) is 7.67. The van der Waals surface area contributed by atoms with Gasteiger partial charge >= 0.3 is 0 Å². The molecule has 0 aliphatic rings. The van der Waals surface area contributed by atoms with E-state index in [1.54, 1.807) is 0 Å². The van der Waals surface area contributed by atoms with Gasteiger partial charge in [-0.2, -0.15) is 0 Å². The molecule has 0 saturated carbocycles. The van der Waals surface area contributed by atoms with Gasteiger partial charge in [0.2, 0.25) is 0 Å². The zero-order valence-corrected chi connectivity index (χ0v) is 17.4. The number of aliphatic imine (C=N–C) groups is 1. The Hall–Kier alpha value is -3.71. The molecule has 0 aliphatic heterocycles. The van der Waals surface area contributed by atoms with Gasteiger partial charge in [-0.1, -0.05) is 109 Å². The van der Waals surface area contributed by atoms with Crippen LogP contribution in [0.4, 0.5) is 5.69 Å². The summed E-state index contributed by atoms with van der Waals surface area (Å²) in [4.78, 5) is 5.25. The first-order valence-corrected chi connectivity index (χ1v) is 10.3. The average molecular weight is 388 g/mol. The molecule has 4 rings (SSSR count). The van der Waals surface area contributed by atoms with Crippen molar-refractivity contribution >= 4 is 23.0 Å². The number of rotatable bonds is 5. The number of benzene rings is 4. The van der Waals surface area contributed by atoms with Gasteiger partial charge in [0, 0.05) is 11.1 Å². The molecule has 146 valence electrons. The topological polar surface area (TPSA) is 12.4 Å². The summed E-state index contributed by atoms with van der Waals surface area (Å²) < 4.78 is 0. The van der Waals surface area contributed by atoms with Gasteiger partial charge in [-0.25, -0.2) is 4.99 Å². The highest BCUT2D eigenvalue weighted by Crippen LogP contribution is 2.30. The number of hydrogen-bond acceptors (Lipinski definition) is 1. The fourth-order valence-electron chi connectivity index (χ4n) is 3.59. The van der Waals surface area contributed by atoms with Crippen molar-refractivity contribution in [3.05, 3.63) is 137 Å². The molecule has 1 heteroatoms. The highest BCUT2D eigenvalue weighted by atomic mass is 14.8. The second kappa shape index (κ2) is 9.19. The quantitative estimate of drug-likeness (QED) is 0.246. The van der Waals surface area contributed by atoms with E-state index in [0.29, 0.717) is 0 Å². The van der Waals surface area contributed by atoms with Crippen LogP contribution < -0.4 is 0 Å². The number of hydrogen-bond donors (Lipinski definition) is 0. The molecule has 4 aromatic rings. The third kappa shape index (κ3) is 4.47. The van der Waals surface area contributed by atoms with E-state index in [1.165, 1.54) is 11.1 Å². The predicted molar refractivity (Wildman–Crippen MR) is 129 cm³/mol. The van der Waals surface area contributed by atoms with Gasteiger partial charge in [0.1, 0.15) is 0 Å². The van der Waals surface area contributed by atoms with Crippen molar-refractivity contribution in [1.82, 2.24) is 0 Å². The lowest BCUT2D eigenvalue weighted by atomic mass is 9.93. The largest absolute Gasteiger partial charge is 0.247 e. The molecule has 4 aromatic carbocycles. The summed E-state index contributed by atoms with van der Waals surface area (Å²) in [6.07, 6.45) is 2.23. The van der Waals surface area contributed by atoms with E-state index >= 15 is 0 Å². The summed E-state index contributed by atoms with van der Waals surface area (Å²) in [5.41, 5.74) is 8.87. The van der Waals surface area contributed by atoms with Crippen LogP contribution in [0.25, 0.3) is 11.6 Å². The van der Waals surface area contributed by atoms with E-state index in [0.717, 1.165) is 33.7 Å². The van der Waals surface area contributed by atoms with Crippen LogP contribution in [-0.2, 0) is 0 Å². The SMILES string of the molecule is Cc1cccc(C)c1N=C(/C(=C/c1ccccc1)c1ccccc1)c1ccccc1. The van der Waals surface area contributed by atoms with E-state index in [2.05, 4.69) is 117 Å². The molecule has 0 N–H and O–H groups in total. The van der Waals surface area contributed by atoms with Gasteiger partial charge in [-0.3, -0.25) is 0 Å². The summed E-state index contributed by atoms with van der Waals surface area (Å²) in [5.74, 6) is 0. The maximum absolute atomic E-state index is 5.25. The molecule has 0 amide bonds. The highest BCUT2D eigenvalue weighted by molar-refractivity contribution is 6.35. The Bertz CT molecular complexity index is 1150. The first kappa shape index (κ1) is 19.6. The van der Waals surface area contributed by atoms with Crippen molar-refractivity contribution in [2.45, 2.75) is 13.8 Å². The Morgan fingerprint density at radius 1 is 0.567 bits per heavy atom. The van der Waals surface area contributed by atoms with Gasteiger partial charge in [0.25, 0.3) is 0 Å². The summed E-state index contributed by atoms with van der Waals surface area (Å²) >= 11 is 0. The van der Waals surface area contributed by atoms with E-state index in [9.17, 15) is 0 Å². The summed E-state index contributed by atoms with van der Waals surface area (Å²) in [7, 11) is 0. The smallest absolute Gasteiger partial charge is 0.0788 e. The highest BCUT2D eigenvalue weighted by Gasteiger charge is 2.14. The Balaban J connectivity index is 1.99. The molecule has 0 atom stereocenters. The standard InChI is InChI=1S/C29H25N/c1-22-13-12-14-23(2)28(22)30-29(26-19-10-5-11-20-26)27(25-17-8-4-9-18-25)21-24-15-6-3-7-16-24/h3-21H,1-2H3/b27-21+,30-29?. The van der Waals surface area contributed by atoms with Crippen molar-refractivity contribution in [3.63, 3.8) is 0 Å². The summed E-state index contributed by atoms with van der Waals surface area (Å²) in [6.45, 7) is 4.25. The first-order chi connectivity index (χ1) is 14.7. The Kier molecular flexibility index (Phi) is 6.01. The zero-order chi connectivity index (χ0) is 20.8. The lowest BCUT2D eigenvalue weighted by Crippen LogP contribution is -2.05. The third-order valence-electron chi connectivity index (χ3n) is 5.16. The van der Waals surface area contributed by atoms with Crippen LogP contribution in [0.2, 0.25) is 0 Å². The molecule has 0 saturated heterocycles. The average Bonchev–Trinajstić information content (AvgIpc) is 2.80. The molecule has 0 spiro atoms. The van der Waals surface area contributed by atoms with Crippen LogP contribution in [0, 0.1) is 13.8 Å². The minimum atomic E-state index is 0.975. The van der Waals surface area contributed by atoms with Crippen LogP contribution in [0.15, 0.2) is 114 Å². The Morgan fingerprint density at radius 3 is 1.63 bits per heavy atom. The molecular weight excluding hydrogens is 362 g/mol. The van der Waals surface area contributed by atoms with Gasteiger partial charge in [0.15, 0.2) is 0 Å². The third-order valence-corrected chi connectivity index (χ3v) is 5.16. The molecule has 0 heterocycles. The minimum absolute atomic E-state index is 0.975. The van der Waals surface area contributed by atoms with Gasteiger partial charge in [-0.15, -0.1) is 0 Å². The maximum Gasteiger partial charge on any atom is 0.0788 e. The molecular formula is C29H25N. The van der Waals surface area contributed by atoms with Crippen molar-refractivity contribution in [2.75, 3.05) is 0 Å². The Morgan fingerprint density at radius 2 is 1.07 bits per heavy atom. The lowest BCUT2D eigenvalue weighted by molar-refractivity contribution is 1.33. The van der Waals surface area contributed by atoms with Crippen LogP contribution in [0.1, 0.15) is 27.8 Å². The van der Waals surface area contributed by atoms with Gasteiger partial charge in [0.05, 0.1) is 11.4 Å². The van der Waals surface area contributed by atoms with Crippen LogP contribution in [-0.4, -0.2) is 5.71 Å². The first-order valence-electron chi connectivity index (χ1n) is 10.3. The van der Waals surface area contributed by atoms with Crippen molar-refractivity contribution in [2.24, 2.45) is 4.99 Å². The zero-order valence-electron chi connectivity index (χ0n) is 17.4. The number of aryl methyl sites for hydroxylation is 2. The fraction of sp³-hybridized carbons (Fsp3) is 0.0690. The second-order valence-electron chi connectivity index (χ2n) is 7.40. The molecule has 30 heavy (non-hydrogen) atoms. The van der Waals surface area contributed by atoms with Crippen molar-refractivity contribution < 1.29 is 0 Å². The molecule has 0 aliphatic carbocycles. The molecule has 0 bridgehead atoms. The van der Waals surface area contributed by atoms with Crippen molar-refractivity contribution in [3.8, 4) is 0 Å². The van der Waals surface area contributed by atoms with Crippen LogP contribution in [0.5, 0.6) is 0 Å². The number of para-hydroxylation sites is 1. The van der Waals surface area contributed by atoms with Crippen molar-refractivity contribution in [1.29, 1.82) is 0 Å². The Labute approximate surface area is 179 Å². The van der Waals surface area contributed by atoms with E-state index in [4.69, 9.17) is 4.99 Å². The minimum Gasteiger partial charge on any atom is -0.247 e.